The van der Waals surface area contributed by atoms with Crippen molar-refractivity contribution >= 4 is 46.5 Å². The fraction of sp³-hybridized carbons (Fsp3) is 0.323. The number of urea groups is 1. The van der Waals surface area contributed by atoms with E-state index in [-0.39, 0.29) is 18.0 Å². The number of rotatable bonds is 8. The second-order valence-electron chi connectivity index (χ2n) is 10.4. The number of thiophene rings is 1. The van der Waals surface area contributed by atoms with E-state index in [2.05, 4.69) is 15.5 Å². The van der Waals surface area contributed by atoms with E-state index < -0.39 is 23.8 Å². The molecule has 0 aliphatic carbocycles. The molecule has 1 unspecified atom stereocenters. The summed E-state index contributed by atoms with van der Waals surface area (Å²) in [6, 6.07) is 16.0. The highest BCUT2D eigenvalue weighted by atomic mass is 32.1. The van der Waals surface area contributed by atoms with E-state index in [9.17, 15) is 24.3 Å². The van der Waals surface area contributed by atoms with Gasteiger partial charge >= 0.3 is 12.0 Å². The minimum Gasteiger partial charge on any atom is -0.481 e. The van der Waals surface area contributed by atoms with E-state index in [1.54, 1.807) is 59.5 Å². The third-order valence-corrected chi connectivity index (χ3v) is 8.51. The first-order chi connectivity index (χ1) is 21.3. The summed E-state index contributed by atoms with van der Waals surface area (Å²) in [4.78, 5) is 57.5. The van der Waals surface area contributed by atoms with Crippen LogP contribution in [0.2, 0.25) is 0 Å². The monoisotopic (exact) mass is 616 g/mol. The molecule has 0 radical (unpaired) electrons. The third kappa shape index (κ3) is 7.34. The largest absolute Gasteiger partial charge is 0.481 e. The minimum atomic E-state index is -1.04. The van der Waals surface area contributed by atoms with E-state index in [1.807, 2.05) is 16.3 Å². The molecule has 13 heteroatoms. The lowest BCUT2D eigenvalue weighted by Gasteiger charge is -2.39. The molecule has 4 amide bonds. The summed E-state index contributed by atoms with van der Waals surface area (Å²) in [5.74, 6) is -1.94. The number of hydrogen-bond donors (Lipinski definition) is 3. The zero-order chi connectivity index (χ0) is 31.1. The van der Waals surface area contributed by atoms with Gasteiger partial charge in [-0.25, -0.2) is 4.79 Å². The molecule has 0 spiro atoms. The molecule has 2 aliphatic rings. The average molecular weight is 617 g/mol. The topological polar surface area (TPSA) is 155 Å². The summed E-state index contributed by atoms with van der Waals surface area (Å²) >= 11 is 1.36. The first kappa shape index (κ1) is 30.5. The minimum absolute atomic E-state index is 0.0176. The van der Waals surface area contributed by atoms with Crippen LogP contribution in [0.15, 0.2) is 60.0 Å². The normalized spacial score (nSPS) is 15.7. The maximum atomic E-state index is 13.4. The molecular weight excluding hydrogens is 584 g/mol. The molecule has 2 aromatic carbocycles. The molecule has 3 aromatic rings. The molecule has 1 atom stereocenters. The van der Waals surface area contributed by atoms with Crippen LogP contribution < -0.4 is 15.5 Å². The Morgan fingerprint density at radius 3 is 2.23 bits per heavy atom. The first-order valence-corrected chi connectivity index (χ1v) is 15.1. The highest BCUT2D eigenvalue weighted by Crippen LogP contribution is 2.30. The van der Waals surface area contributed by atoms with E-state index in [1.165, 1.54) is 11.3 Å². The predicted molar refractivity (Wildman–Crippen MR) is 164 cm³/mol. The number of nitrogens with zero attached hydrogens (tertiary/aromatic N) is 4. The Hall–Kier alpha value is -4.93. The number of ether oxygens (including phenoxy) is 1. The summed E-state index contributed by atoms with van der Waals surface area (Å²) in [7, 11) is 0. The number of hydrogen-bond acceptors (Lipinski definition) is 8. The maximum absolute atomic E-state index is 13.4. The van der Waals surface area contributed by atoms with Gasteiger partial charge in [0.1, 0.15) is 0 Å². The number of carboxylic acid groups (broad SMARTS) is 1. The molecule has 2 aliphatic heterocycles. The van der Waals surface area contributed by atoms with Crippen LogP contribution in [0.1, 0.15) is 43.6 Å². The molecule has 44 heavy (non-hydrogen) atoms. The number of piperazine rings is 1. The zero-order valence-corrected chi connectivity index (χ0v) is 24.7. The highest BCUT2D eigenvalue weighted by molar-refractivity contribution is 7.10. The Morgan fingerprint density at radius 2 is 1.59 bits per heavy atom. The number of benzene rings is 2. The van der Waals surface area contributed by atoms with Gasteiger partial charge in [-0.3, -0.25) is 14.4 Å². The van der Waals surface area contributed by atoms with E-state index in [0.717, 1.165) is 4.88 Å². The highest BCUT2D eigenvalue weighted by Gasteiger charge is 2.28. The van der Waals surface area contributed by atoms with E-state index in [0.29, 0.717) is 75.0 Å². The molecule has 0 saturated carbocycles. The summed E-state index contributed by atoms with van der Waals surface area (Å²) in [6.07, 6.45) is -0.278. The Balaban J connectivity index is 1.36. The molecule has 5 rings (SSSR count). The quantitative estimate of drug-likeness (QED) is 0.348. The van der Waals surface area contributed by atoms with E-state index >= 15 is 0 Å². The number of carbonyl (C=O) groups is 4. The van der Waals surface area contributed by atoms with Gasteiger partial charge in [0.15, 0.2) is 0 Å². The number of carboxylic acids is 1. The maximum Gasteiger partial charge on any atom is 0.320 e. The van der Waals surface area contributed by atoms with Crippen molar-refractivity contribution in [2.24, 2.45) is 0 Å². The Morgan fingerprint density at radius 1 is 0.909 bits per heavy atom. The van der Waals surface area contributed by atoms with Crippen molar-refractivity contribution in [3.05, 3.63) is 81.5 Å². The number of carbonyl (C=O) groups excluding carboxylic acids is 3. The van der Waals surface area contributed by atoms with Crippen molar-refractivity contribution in [2.75, 3.05) is 62.7 Å². The van der Waals surface area contributed by atoms with Crippen LogP contribution in [0.4, 0.5) is 16.2 Å². The van der Waals surface area contributed by atoms with Crippen molar-refractivity contribution in [1.82, 2.24) is 15.1 Å². The van der Waals surface area contributed by atoms with Crippen LogP contribution in [0, 0.1) is 11.3 Å². The summed E-state index contributed by atoms with van der Waals surface area (Å²) in [5.41, 5.74) is 2.09. The SMILES string of the molecule is N#Cc1ccc(C(=O)Nc2cc(C(=O)NC(CC(=O)O)c3cccs3)ccc2N2CCN(C(=O)N3CCOCC3)CC2)cc1. The van der Waals surface area contributed by atoms with Crippen molar-refractivity contribution in [2.45, 2.75) is 12.5 Å². The number of morpholine rings is 1. The van der Waals surface area contributed by atoms with Gasteiger partial charge in [0.25, 0.3) is 11.8 Å². The Bertz CT molecular complexity index is 1540. The first-order valence-electron chi connectivity index (χ1n) is 14.2. The molecule has 2 saturated heterocycles. The molecule has 1 aromatic heterocycles. The van der Waals surface area contributed by atoms with Crippen LogP contribution in [-0.2, 0) is 9.53 Å². The number of nitriles is 1. The van der Waals surface area contributed by atoms with Gasteiger partial charge in [0.2, 0.25) is 0 Å². The van der Waals surface area contributed by atoms with Gasteiger partial charge in [-0.05, 0) is 53.9 Å². The molecule has 12 nitrogen and oxygen atoms in total. The zero-order valence-electron chi connectivity index (χ0n) is 23.9. The van der Waals surface area contributed by atoms with Crippen molar-refractivity contribution in [1.29, 1.82) is 5.26 Å². The second kappa shape index (κ2) is 14.0. The lowest BCUT2D eigenvalue weighted by Crippen LogP contribution is -2.54. The number of aliphatic carboxylic acids is 1. The summed E-state index contributed by atoms with van der Waals surface area (Å²) in [5, 5.41) is 26.1. The fourth-order valence-electron chi connectivity index (χ4n) is 5.17. The summed E-state index contributed by atoms with van der Waals surface area (Å²) in [6.45, 7) is 4.18. The molecule has 3 heterocycles. The van der Waals surface area contributed by atoms with Gasteiger partial charge in [0, 0.05) is 55.3 Å². The number of anilines is 2. The van der Waals surface area contributed by atoms with Gasteiger partial charge in [-0.2, -0.15) is 5.26 Å². The molecule has 3 N–H and O–H groups in total. The van der Waals surface area contributed by atoms with E-state index in [4.69, 9.17) is 10.00 Å². The van der Waals surface area contributed by atoms with Crippen LogP contribution >= 0.6 is 11.3 Å². The lowest BCUT2D eigenvalue weighted by atomic mass is 10.1. The van der Waals surface area contributed by atoms with Gasteiger partial charge in [-0.1, -0.05) is 6.07 Å². The number of amides is 4. The Kier molecular flexibility index (Phi) is 9.73. The fourth-order valence-corrected chi connectivity index (χ4v) is 5.94. The van der Waals surface area contributed by atoms with Crippen LogP contribution in [0.25, 0.3) is 0 Å². The smallest absolute Gasteiger partial charge is 0.320 e. The molecular formula is C31H32N6O6S. The summed E-state index contributed by atoms with van der Waals surface area (Å²) < 4.78 is 5.36. The third-order valence-electron chi connectivity index (χ3n) is 7.53. The van der Waals surface area contributed by atoms with Crippen LogP contribution in [0.3, 0.4) is 0 Å². The Labute approximate surface area is 258 Å². The van der Waals surface area contributed by atoms with Gasteiger partial charge in [0.05, 0.1) is 48.7 Å². The molecule has 228 valence electrons. The van der Waals surface area contributed by atoms with Crippen LogP contribution in [-0.4, -0.2) is 91.2 Å². The van der Waals surface area contributed by atoms with Crippen molar-refractivity contribution < 1.29 is 29.0 Å². The number of nitrogens with one attached hydrogen (secondary N) is 2. The van der Waals surface area contributed by atoms with Crippen molar-refractivity contribution in [3.63, 3.8) is 0 Å². The second-order valence-corrected chi connectivity index (χ2v) is 11.3. The van der Waals surface area contributed by atoms with Gasteiger partial charge in [-0.15, -0.1) is 11.3 Å². The van der Waals surface area contributed by atoms with Gasteiger partial charge < -0.3 is 35.2 Å². The predicted octanol–water partition coefficient (Wildman–Crippen LogP) is 3.39. The van der Waals surface area contributed by atoms with Crippen molar-refractivity contribution in [3.8, 4) is 6.07 Å². The van der Waals surface area contributed by atoms with Crippen LogP contribution in [0.5, 0.6) is 0 Å². The lowest BCUT2D eigenvalue weighted by molar-refractivity contribution is -0.137. The average Bonchev–Trinajstić information content (AvgIpc) is 3.60. The standard InChI is InChI=1S/C31H32N6O6S/c32-20-21-3-5-22(6-4-21)29(40)33-24-18-23(30(41)34-25(19-28(38)39)27-2-1-17-44-27)7-8-26(24)35-9-11-36(12-10-35)31(42)37-13-15-43-16-14-37/h1-8,17-18,25H,9-16,19H2,(H,33,40)(H,34,41)(H,38,39). The molecule has 2 fully saturated rings. The molecule has 0 bridgehead atoms.